The Hall–Kier alpha value is -1.23. The second kappa shape index (κ2) is 8.72. The second-order valence-electron chi connectivity index (χ2n) is 9.35. The van der Waals surface area contributed by atoms with Crippen LogP contribution in [-0.4, -0.2) is 13.2 Å². The van der Waals surface area contributed by atoms with Gasteiger partial charge in [0.15, 0.2) is 11.5 Å². The van der Waals surface area contributed by atoms with Gasteiger partial charge in [-0.2, -0.15) is 0 Å². The van der Waals surface area contributed by atoms with Gasteiger partial charge in [-0.1, -0.05) is 39.7 Å². The number of ether oxygens (including phenoxy) is 2. The van der Waals surface area contributed by atoms with E-state index in [1.807, 2.05) is 30.3 Å². The van der Waals surface area contributed by atoms with E-state index in [9.17, 15) is 0 Å². The maximum atomic E-state index is 6.04. The third-order valence-electron chi connectivity index (χ3n) is 7.40. The van der Waals surface area contributed by atoms with E-state index < -0.39 is 0 Å². The van der Waals surface area contributed by atoms with Crippen LogP contribution in [0.3, 0.4) is 0 Å². The van der Waals surface area contributed by atoms with Crippen molar-refractivity contribution in [3.63, 3.8) is 0 Å². The highest BCUT2D eigenvalue weighted by molar-refractivity contribution is 9.10. The summed E-state index contributed by atoms with van der Waals surface area (Å²) in [6.07, 6.45) is 7.25. The Morgan fingerprint density at radius 3 is 2.27 bits per heavy atom. The van der Waals surface area contributed by atoms with E-state index in [0.717, 1.165) is 56.8 Å². The Morgan fingerprint density at radius 1 is 0.967 bits per heavy atom. The predicted octanol–water partition coefficient (Wildman–Crippen LogP) is 6.60. The van der Waals surface area contributed by atoms with Crippen LogP contribution in [0.2, 0.25) is 5.02 Å². The first kappa shape index (κ1) is 20.7. The molecule has 0 heterocycles. The smallest absolute Gasteiger partial charge is 0.162 e. The van der Waals surface area contributed by atoms with Crippen LogP contribution in [0.4, 0.5) is 0 Å². The van der Waals surface area contributed by atoms with Gasteiger partial charge in [-0.3, -0.25) is 0 Å². The molecule has 2 aromatic rings. The van der Waals surface area contributed by atoms with Gasteiger partial charge in [0, 0.05) is 22.1 Å². The van der Waals surface area contributed by atoms with Gasteiger partial charge in [0.1, 0.15) is 6.61 Å². The fourth-order valence-corrected chi connectivity index (χ4v) is 6.80. The Balaban J connectivity index is 1.25. The summed E-state index contributed by atoms with van der Waals surface area (Å²) in [6.45, 7) is 1.34. The van der Waals surface area contributed by atoms with Crippen LogP contribution in [-0.2, 0) is 13.2 Å². The summed E-state index contributed by atoms with van der Waals surface area (Å²) in [5.41, 5.74) is 2.30. The summed E-state index contributed by atoms with van der Waals surface area (Å²) in [4.78, 5) is 0. The van der Waals surface area contributed by atoms with E-state index in [2.05, 4.69) is 27.3 Å². The lowest BCUT2D eigenvalue weighted by atomic mass is 9.54. The molecule has 4 bridgehead atoms. The van der Waals surface area contributed by atoms with E-state index >= 15 is 0 Å². The molecular formula is C25H29BrClNO2. The lowest BCUT2D eigenvalue weighted by molar-refractivity contribution is -0.0142. The molecule has 4 fully saturated rings. The van der Waals surface area contributed by atoms with E-state index in [4.69, 9.17) is 21.1 Å². The zero-order valence-corrected chi connectivity index (χ0v) is 19.7. The SMILES string of the molecule is COc1cc(CNC2C3CC4CC(C3)CC2C4)c(Br)cc1OCc1ccc(Cl)cc1. The fourth-order valence-electron chi connectivity index (χ4n) is 6.21. The molecule has 6 rings (SSSR count). The number of benzene rings is 2. The van der Waals surface area contributed by atoms with Gasteiger partial charge in [-0.25, -0.2) is 0 Å². The van der Waals surface area contributed by atoms with Crippen molar-refractivity contribution in [2.24, 2.45) is 23.7 Å². The normalized spacial score (nSPS) is 29.2. The first-order valence-electron chi connectivity index (χ1n) is 11.1. The van der Waals surface area contributed by atoms with Crippen LogP contribution >= 0.6 is 27.5 Å². The minimum atomic E-state index is 0.478. The monoisotopic (exact) mass is 489 g/mol. The lowest BCUT2D eigenvalue weighted by Crippen LogP contribution is -2.54. The number of hydrogen-bond donors (Lipinski definition) is 1. The highest BCUT2D eigenvalue weighted by Gasteiger charge is 2.47. The molecule has 0 amide bonds. The number of methoxy groups -OCH3 is 1. The van der Waals surface area contributed by atoms with Crippen molar-refractivity contribution in [1.29, 1.82) is 0 Å². The maximum Gasteiger partial charge on any atom is 0.162 e. The third-order valence-corrected chi connectivity index (χ3v) is 8.39. The third kappa shape index (κ3) is 4.24. The number of rotatable bonds is 7. The van der Waals surface area contributed by atoms with Gasteiger partial charge in [-0.15, -0.1) is 0 Å². The molecule has 0 spiro atoms. The molecule has 1 N–H and O–H groups in total. The molecule has 4 aliphatic rings. The van der Waals surface area contributed by atoms with Gasteiger partial charge in [0.25, 0.3) is 0 Å². The second-order valence-corrected chi connectivity index (χ2v) is 10.6. The van der Waals surface area contributed by atoms with Crippen LogP contribution in [0.5, 0.6) is 11.5 Å². The molecule has 4 aliphatic carbocycles. The van der Waals surface area contributed by atoms with Gasteiger partial charge in [-0.05, 0) is 91.2 Å². The van der Waals surface area contributed by atoms with Gasteiger partial charge >= 0.3 is 0 Å². The summed E-state index contributed by atoms with van der Waals surface area (Å²) in [6, 6.07) is 12.5. The Kier molecular flexibility index (Phi) is 6.01. The maximum absolute atomic E-state index is 6.04. The van der Waals surface area contributed by atoms with Crippen molar-refractivity contribution < 1.29 is 9.47 Å². The van der Waals surface area contributed by atoms with E-state index in [1.165, 1.54) is 37.7 Å². The van der Waals surface area contributed by atoms with Gasteiger partial charge in [0.05, 0.1) is 7.11 Å². The Labute approximate surface area is 192 Å². The molecule has 0 saturated heterocycles. The molecule has 0 atom stereocenters. The van der Waals surface area contributed by atoms with Crippen molar-refractivity contribution in [3.8, 4) is 11.5 Å². The molecule has 0 unspecified atom stereocenters. The van der Waals surface area contributed by atoms with E-state index in [-0.39, 0.29) is 0 Å². The average Bonchev–Trinajstić information content (AvgIpc) is 2.73. The molecular weight excluding hydrogens is 462 g/mol. The summed E-state index contributed by atoms with van der Waals surface area (Å²) in [7, 11) is 1.70. The van der Waals surface area contributed by atoms with Crippen molar-refractivity contribution in [2.75, 3.05) is 7.11 Å². The van der Waals surface area contributed by atoms with Crippen LogP contribution in [0.1, 0.15) is 43.2 Å². The quantitative estimate of drug-likeness (QED) is 0.474. The summed E-state index contributed by atoms with van der Waals surface area (Å²) >= 11 is 9.72. The van der Waals surface area contributed by atoms with Crippen LogP contribution in [0.25, 0.3) is 0 Å². The topological polar surface area (TPSA) is 30.5 Å². The molecule has 4 saturated carbocycles. The van der Waals surface area contributed by atoms with Crippen LogP contribution in [0.15, 0.2) is 40.9 Å². The van der Waals surface area contributed by atoms with Crippen LogP contribution < -0.4 is 14.8 Å². The lowest BCUT2D eigenvalue weighted by Gasteiger charge is -2.54. The van der Waals surface area contributed by atoms with E-state index in [0.29, 0.717) is 12.6 Å². The van der Waals surface area contributed by atoms with Crippen molar-refractivity contribution >= 4 is 27.5 Å². The zero-order chi connectivity index (χ0) is 20.7. The molecule has 0 radical (unpaired) electrons. The Bertz CT molecular complexity index is 873. The summed E-state index contributed by atoms with van der Waals surface area (Å²) in [5.74, 6) is 5.29. The highest BCUT2D eigenvalue weighted by Crippen LogP contribution is 2.53. The van der Waals surface area contributed by atoms with Crippen molar-refractivity contribution in [1.82, 2.24) is 5.32 Å². The number of nitrogens with one attached hydrogen (secondary N) is 1. The largest absolute Gasteiger partial charge is 0.493 e. The molecule has 0 aliphatic heterocycles. The first-order chi connectivity index (χ1) is 14.6. The number of hydrogen-bond acceptors (Lipinski definition) is 3. The van der Waals surface area contributed by atoms with Gasteiger partial charge < -0.3 is 14.8 Å². The highest BCUT2D eigenvalue weighted by atomic mass is 79.9. The van der Waals surface area contributed by atoms with Gasteiger partial charge in [0.2, 0.25) is 0 Å². The molecule has 2 aromatic carbocycles. The summed E-state index contributed by atoms with van der Waals surface area (Å²) in [5, 5.41) is 4.65. The van der Waals surface area contributed by atoms with Crippen molar-refractivity contribution in [3.05, 3.63) is 57.0 Å². The van der Waals surface area contributed by atoms with Crippen LogP contribution in [0, 0.1) is 23.7 Å². The van der Waals surface area contributed by atoms with E-state index in [1.54, 1.807) is 7.11 Å². The van der Waals surface area contributed by atoms with Crippen molar-refractivity contribution in [2.45, 2.75) is 51.3 Å². The minimum Gasteiger partial charge on any atom is -0.493 e. The zero-order valence-electron chi connectivity index (χ0n) is 17.4. The number of halogens is 2. The summed E-state index contributed by atoms with van der Waals surface area (Å²) < 4.78 is 12.7. The minimum absolute atomic E-state index is 0.478. The molecule has 30 heavy (non-hydrogen) atoms. The fraction of sp³-hybridized carbons (Fsp3) is 0.520. The molecule has 3 nitrogen and oxygen atoms in total. The standard InChI is InChI=1S/C25H29BrClNO2/c1-29-23-11-20(13-28-25-18-7-16-6-17(9-18)10-19(25)8-16)22(26)12-24(23)30-14-15-2-4-21(27)5-3-15/h2-5,11-12,16-19,25,28H,6-10,13-14H2,1H3. The average molecular weight is 491 g/mol. The molecule has 160 valence electrons. The predicted molar refractivity (Wildman–Crippen MR) is 124 cm³/mol. The first-order valence-corrected chi connectivity index (χ1v) is 12.2. The Morgan fingerprint density at radius 2 is 1.63 bits per heavy atom. The molecule has 5 heteroatoms. The molecule has 0 aromatic heterocycles.